The summed E-state index contributed by atoms with van der Waals surface area (Å²) in [6.07, 6.45) is 0. The molecule has 1 aromatic carbocycles. The summed E-state index contributed by atoms with van der Waals surface area (Å²) in [6.45, 7) is 5.06. The quantitative estimate of drug-likeness (QED) is 0.924. The van der Waals surface area contributed by atoms with Crippen molar-refractivity contribution in [2.24, 2.45) is 0 Å². The highest BCUT2D eigenvalue weighted by atomic mass is 35.5. The van der Waals surface area contributed by atoms with E-state index in [1.807, 2.05) is 4.90 Å². The van der Waals surface area contributed by atoms with E-state index in [0.717, 1.165) is 13.1 Å². The molecule has 6 heteroatoms. The van der Waals surface area contributed by atoms with Gasteiger partial charge in [-0.3, -0.25) is 14.6 Å². The van der Waals surface area contributed by atoms with E-state index in [0.29, 0.717) is 30.2 Å². The van der Waals surface area contributed by atoms with Crippen LogP contribution in [0.5, 0.6) is 0 Å². The van der Waals surface area contributed by atoms with Crippen molar-refractivity contribution < 1.29 is 14.3 Å². The van der Waals surface area contributed by atoms with Gasteiger partial charge in [0.05, 0.1) is 0 Å². The summed E-state index contributed by atoms with van der Waals surface area (Å²) in [5, 5.41) is 9.38. The zero-order valence-corrected chi connectivity index (χ0v) is 12.1. The number of aliphatic carboxylic acids is 1. The summed E-state index contributed by atoms with van der Waals surface area (Å²) in [5.41, 5.74) is 0.620. The summed E-state index contributed by atoms with van der Waals surface area (Å²) < 4.78 is 13.7. The average molecular weight is 301 g/mol. The standard InChI is InChI=1S/C14H18ClFN2O2/c1-10(14(19)20)18-6-4-17(5-7-18)9-11-2-3-12(15)8-13(11)16/h2-3,8,10H,4-7,9H2,1H3,(H,19,20). The first-order valence-corrected chi connectivity index (χ1v) is 6.98. The van der Waals surface area contributed by atoms with Gasteiger partial charge in [0, 0.05) is 43.3 Å². The number of benzene rings is 1. The second-order valence-corrected chi connectivity index (χ2v) is 5.50. The molecular formula is C14H18ClFN2O2. The van der Waals surface area contributed by atoms with Crippen LogP contribution in [0.15, 0.2) is 18.2 Å². The van der Waals surface area contributed by atoms with Crippen LogP contribution in [0, 0.1) is 5.82 Å². The van der Waals surface area contributed by atoms with E-state index in [1.54, 1.807) is 19.1 Å². The van der Waals surface area contributed by atoms with Crippen LogP contribution in [0.1, 0.15) is 12.5 Å². The molecule has 1 N–H and O–H groups in total. The maximum Gasteiger partial charge on any atom is 0.320 e. The second-order valence-electron chi connectivity index (χ2n) is 5.06. The second kappa shape index (κ2) is 6.52. The van der Waals surface area contributed by atoms with Gasteiger partial charge in [-0.05, 0) is 19.1 Å². The minimum absolute atomic E-state index is 0.293. The van der Waals surface area contributed by atoms with Crippen LogP contribution in [0.4, 0.5) is 4.39 Å². The molecule has 20 heavy (non-hydrogen) atoms. The van der Waals surface area contributed by atoms with Crippen molar-refractivity contribution >= 4 is 17.6 Å². The van der Waals surface area contributed by atoms with Gasteiger partial charge in [-0.25, -0.2) is 4.39 Å². The van der Waals surface area contributed by atoms with Crippen molar-refractivity contribution in [3.8, 4) is 0 Å². The highest BCUT2D eigenvalue weighted by Crippen LogP contribution is 2.17. The Bertz CT molecular complexity index is 490. The minimum atomic E-state index is -0.804. The summed E-state index contributed by atoms with van der Waals surface area (Å²) in [7, 11) is 0. The summed E-state index contributed by atoms with van der Waals surface area (Å²) in [6, 6.07) is 4.23. The summed E-state index contributed by atoms with van der Waals surface area (Å²) in [4.78, 5) is 15.0. The molecule has 0 saturated carbocycles. The first-order valence-electron chi connectivity index (χ1n) is 6.60. The van der Waals surface area contributed by atoms with Crippen molar-refractivity contribution in [2.45, 2.75) is 19.5 Å². The van der Waals surface area contributed by atoms with Gasteiger partial charge in [0.1, 0.15) is 11.9 Å². The van der Waals surface area contributed by atoms with Crippen LogP contribution < -0.4 is 0 Å². The van der Waals surface area contributed by atoms with Crippen molar-refractivity contribution in [1.82, 2.24) is 9.80 Å². The van der Waals surface area contributed by atoms with Crippen LogP contribution in [-0.4, -0.2) is 53.1 Å². The molecule has 1 atom stereocenters. The molecule has 1 fully saturated rings. The monoisotopic (exact) mass is 300 g/mol. The van der Waals surface area contributed by atoms with E-state index in [-0.39, 0.29) is 5.82 Å². The number of halogens is 2. The number of carboxylic acid groups (broad SMARTS) is 1. The molecule has 0 spiro atoms. The summed E-state index contributed by atoms with van der Waals surface area (Å²) >= 11 is 5.73. The number of rotatable bonds is 4. The lowest BCUT2D eigenvalue weighted by atomic mass is 10.1. The maximum absolute atomic E-state index is 13.7. The molecule has 0 radical (unpaired) electrons. The molecule has 110 valence electrons. The fourth-order valence-electron chi connectivity index (χ4n) is 2.36. The zero-order valence-electron chi connectivity index (χ0n) is 11.4. The van der Waals surface area contributed by atoms with E-state index in [2.05, 4.69) is 4.90 Å². The van der Waals surface area contributed by atoms with E-state index >= 15 is 0 Å². The molecule has 1 unspecified atom stereocenters. The van der Waals surface area contributed by atoms with Crippen LogP contribution in [0.2, 0.25) is 5.02 Å². The molecule has 2 rings (SSSR count). The minimum Gasteiger partial charge on any atom is -0.480 e. The lowest BCUT2D eigenvalue weighted by Crippen LogP contribution is -2.51. The lowest BCUT2D eigenvalue weighted by Gasteiger charge is -2.36. The Hall–Kier alpha value is -1.17. The SMILES string of the molecule is CC(C(=O)O)N1CCN(Cc2ccc(Cl)cc2F)CC1. The van der Waals surface area contributed by atoms with E-state index in [1.165, 1.54) is 6.07 Å². The number of carboxylic acids is 1. The molecule has 0 amide bonds. The highest BCUT2D eigenvalue weighted by Gasteiger charge is 2.25. The van der Waals surface area contributed by atoms with E-state index in [9.17, 15) is 9.18 Å². The van der Waals surface area contributed by atoms with Crippen LogP contribution in [0.25, 0.3) is 0 Å². The third-order valence-electron chi connectivity index (χ3n) is 3.72. The fourth-order valence-corrected chi connectivity index (χ4v) is 2.51. The van der Waals surface area contributed by atoms with Crippen molar-refractivity contribution in [3.05, 3.63) is 34.6 Å². The van der Waals surface area contributed by atoms with Crippen LogP contribution in [0.3, 0.4) is 0 Å². The van der Waals surface area contributed by atoms with Gasteiger partial charge >= 0.3 is 5.97 Å². The predicted molar refractivity (Wildman–Crippen MR) is 75.4 cm³/mol. The maximum atomic E-state index is 13.7. The Kier molecular flexibility index (Phi) is 4.96. The third-order valence-corrected chi connectivity index (χ3v) is 3.96. The Morgan fingerprint density at radius 1 is 1.40 bits per heavy atom. The number of hydrogen-bond acceptors (Lipinski definition) is 3. The first-order chi connectivity index (χ1) is 9.47. The predicted octanol–water partition coefficient (Wildman–Crippen LogP) is 2.07. The van der Waals surface area contributed by atoms with Crippen LogP contribution >= 0.6 is 11.6 Å². The topological polar surface area (TPSA) is 43.8 Å². The lowest BCUT2D eigenvalue weighted by molar-refractivity contribution is -0.143. The van der Waals surface area contributed by atoms with Gasteiger partial charge in [0.15, 0.2) is 0 Å². The fraction of sp³-hybridized carbons (Fsp3) is 0.500. The number of carbonyl (C=O) groups is 1. The Morgan fingerprint density at radius 2 is 2.05 bits per heavy atom. The van der Waals surface area contributed by atoms with Crippen molar-refractivity contribution in [3.63, 3.8) is 0 Å². The first kappa shape index (κ1) is 15.2. The van der Waals surface area contributed by atoms with Crippen molar-refractivity contribution in [2.75, 3.05) is 26.2 Å². The summed E-state index contributed by atoms with van der Waals surface area (Å²) in [5.74, 6) is -1.10. The van der Waals surface area contributed by atoms with E-state index < -0.39 is 12.0 Å². The number of nitrogens with zero attached hydrogens (tertiary/aromatic N) is 2. The molecule has 1 aromatic rings. The van der Waals surface area contributed by atoms with Gasteiger partial charge in [0.25, 0.3) is 0 Å². The van der Waals surface area contributed by atoms with Crippen LogP contribution in [-0.2, 0) is 11.3 Å². The average Bonchev–Trinajstić information content (AvgIpc) is 2.42. The molecule has 1 aliphatic rings. The number of piperazine rings is 1. The zero-order chi connectivity index (χ0) is 14.7. The Morgan fingerprint density at radius 3 is 2.60 bits per heavy atom. The van der Waals surface area contributed by atoms with E-state index in [4.69, 9.17) is 16.7 Å². The molecule has 4 nitrogen and oxygen atoms in total. The van der Waals surface area contributed by atoms with Gasteiger partial charge in [-0.2, -0.15) is 0 Å². The molecule has 0 aliphatic carbocycles. The normalized spacial score (nSPS) is 18.9. The van der Waals surface area contributed by atoms with Gasteiger partial charge < -0.3 is 5.11 Å². The third kappa shape index (κ3) is 3.69. The van der Waals surface area contributed by atoms with Gasteiger partial charge in [-0.1, -0.05) is 17.7 Å². The van der Waals surface area contributed by atoms with Gasteiger partial charge in [-0.15, -0.1) is 0 Å². The molecule has 1 aliphatic heterocycles. The number of hydrogen-bond donors (Lipinski definition) is 1. The molecule has 1 heterocycles. The smallest absolute Gasteiger partial charge is 0.320 e. The Balaban J connectivity index is 1.90. The Labute approximate surface area is 122 Å². The van der Waals surface area contributed by atoms with Gasteiger partial charge in [0.2, 0.25) is 0 Å². The van der Waals surface area contributed by atoms with Crippen molar-refractivity contribution in [1.29, 1.82) is 0 Å². The molecule has 1 saturated heterocycles. The highest BCUT2D eigenvalue weighted by molar-refractivity contribution is 6.30. The molecular weight excluding hydrogens is 283 g/mol. The largest absolute Gasteiger partial charge is 0.480 e. The molecule has 0 bridgehead atoms. The molecule has 0 aromatic heterocycles.